The molecule has 10 rings (SSSR count). The van der Waals surface area contributed by atoms with Crippen LogP contribution in [0, 0.1) is 0 Å². The lowest BCUT2D eigenvalue weighted by Gasteiger charge is -2.14. The van der Waals surface area contributed by atoms with Crippen LogP contribution in [0.2, 0.25) is 0 Å². The van der Waals surface area contributed by atoms with Gasteiger partial charge in [0.2, 0.25) is 0 Å². The van der Waals surface area contributed by atoms with Gasteiger partial charge in [0.25, 0.3) is 0 Å². The van der Waals surface area contributed by atoms with E-state index in [9.17, 15) is 0 Å². The summed E-state index contributed by atoms with van der Waals surface area (Å²) >= 11 is 0. The van der Waals surface area contributed by atoms with E-state index in [4.69, 9.17) is 4.98 Å². The molecule has 0 saturated carbocycles. The summed E-state index contributed by atoms with van der Waals surface area (Å²) in [6, 6.07) is 59.0. The Hall–Kier alpha value is -6.19. The zero-order valence-electron chi connectivity index (χ0n) is 24.9. The predicted octanol–water partition coefficient (Wildman–Crippen LogP) is 11.2. The van der Waals surface area contributed by atoms with Crippen molar-refractivity contribution < 1.29 is 0 Å². The maximum atomic E-state index is 5.19. The molecule has 46 heavy (non-hydrogen) atoms. The molecule has 0 aliphatic carbocycles. The molecule has 0 radical (unpaired) electrons. The first-order chi connectivity index (χ1) is 22.8. The molecule has 0 atom stereocenters. The van der Waals surface area contributed by atoms with Gasteiger partial charge in [0.15, 0.2) is 0 Å². The summed E-state index contributed by atoms with van der Waals surface area (Å²) in [6.07, 6.45) is 0. The molecule has 7 aromatic carbocycles. The first-order valence-electron chi connectivity index (χ1n) is 15.7. The fourth-order valence-corrected chi connectivity index (χ4v) is 7.47. The number of benzene rings is 7. The molecule has 0 bridgehead atoms. The van der Waals surface area contributed by atoms with E-state index in [0.717, 1.165) is 27.8 Å². The van der Waals surface area contributed by atoms with Gasteiger partial charge in [-0.25, -0.2) is 4.98 Å². The summed E-state index contributed by atoms with van der Waals surface area (Å²) in [5.41, 5.74) is 12.6. The maximum absolute atomic E-state index is 5.19. The molecule has 3 heteroatoms. The average Bonchev–Trinajstić information content (AvgIpc) is 3.69. The van der Waals surface area contributed by atoms with Crippen molar-refractivity contribution in [2.45, 2.75) is 0 Å². The Morgan fingerprint density at radius 2 is 0.935 bits per heavy atom. The van der Waals surface area contributed by atoms with E-state index in [1.54, 1.807) is 0 Å². The van der Waals surface area contributed by atoms with Crippen molar-refractivity contribution in [3.8, 4) is 27.9 Å². The van der Waals surface area contributed by atoms with Crippen molar-refractivity contribution in [2.24, 2.45) is 0 Å². The topological polar surface area (TPSA) is 22.2 Å². The average molecular weight is 586 g/mol. The largest absolute Gasteiger partial charge is 0.309 e. The van der Waals surface area contributed by atoms with Crippen LogP contribution in [-0.2, 0) is 0 Å². The van der Waals surface area contributed by atoms with Crippen molar-refractivity contribution in [1.29, 1.82) is 0 Å². The first kappa shape index (κ1) is 25.2. The molecule has 3 aromatic heterocycles. The SMILES string of the molecule is c1ccc(-c2cc(-c3ccccc3)cc(-n3c4ccccc4c4c5c6ccccc6n6c7ccccc7nc6c5ccc43)c2)cc1. The van der Waals surface area contributed by atoms with Gasteiger partial charge in [0.05, 0.1) is 27.6 Å². The standard InChI is InChI=1S/C43H27N3/c1-3-13-28(14-4-1)30-25-31(29-15-5-2-6-16-29)27-32(26-30)45-37-20-10-8-18-34(37)42-40(45)24-23-35-41(42)33-17-7-11-21-38(33)46-39-22-12-9-19-36(39)44-43(35)46/h1-27H. The Morgan fingerprint density at radius 1 is 0.370 bits per heavy atom. The molecular weight excluding hydrogens is 558 g/mol. The second-order valence-corrected chi connectivity index (χ2v) is 12.0. The van der Waals surface area contributed by atoms with E-state index in [1.807, 2.05) is 0 Å². The molecule has 0 fully saturated rings. The number of imidazole rings is 1. The molecule has 0 unspecified atom stereocenters. The monoisotopic (exact) mass is 585 g/mol. The van der Waals surface area contributed by atoms with E-state index >= 15 is 0 Å². The molecule has 0 aliphatic rings. The van der Waals surface area contributed by atoms with Gasteiger partial charge in [0, 0.05) is 32.6 Å². The highest BCUT2D eigenvalue weighted by atomic mass is 15.0. The number of aromatic nitrogens is 3. The van der Waals surface area contributed by atoms with Crippen molar-refractivity contribution >= 4 is 60.2 Å². The van der Waals surface area contributed by atoms with Crippen LogP contribution in [0.4, 0.5) is 0 Å². The second-order valence-electron chi connectivity index (χ2n) is 12.0. The lowest BCUT2D eigenvalue weighted by molar-refractivity contribution is 1.18. The highest BCUT2D eigenvalue weighted by Gasteiger charge is 2.20. The van der Waals surface area contributed by atoms with Crippen LogP contribution in [0.25, 0.3) is 88.1 Å². The molecule has 3 nitrogen and oxygen atoms in total. The smallest absolute Gasteiger partial charge is 0.146 e. The van der Waals surface area contributed by atoms with Crippen molar-refractivity contribution in [3.63, 3.8) is 0 Å². The highest BCUT2D eigenvalue weighted by Crippen LogP contribution is 2.42. The molecule has 0 spiro atoms. The molecule has 0 amide bonds. The summed E-state index contributed by atoms with van der Waals surface area (Å²) in [7, 11) is 0. The van der Waals surface area contributed by atoms with Gasteiger partial charge >= 0.3 is 0 Å². The van der Waals surface area contributed by atoms with E-state index in [-0.39, 0.29) is 0 Å². The minimum absolute atomic E-state index is 0.992. The minimum Gasteiger partial charge on any atom is -0.309 e. The first-order valence-corrected chi connectivity index (χ1v) is 15.7. The molecule has 10 aromatic rings. The van der Waals surface area contributed by atoms with E-state index < -0.39 is 0 Å². The predicted molar refractivity (Wildman–Crippen MR) is 193 cm³/mol. The van der Waals surface area contributed by atoms with Crippen LogP contribution in [0.1, 0.15) is 0 Å². The number of fused-ring (bicyclic) bond motifs is 12. The maximum Gasteiger partial charge on any atom is 0.146 e. The van der Waals surface area contributed by atoms with Gasteiger partial charge in [0.1, 0.15) is 5.65 Å². The van der Waals surface area contributed by atoms with Gasteiger partial charge in [-0.1, -0.05) is 109 Å². The van der Waals surface area contributed by atoms with E-state index in [0.29, 0.717) is 0 Å². The van der Waals surface area contributed by atoms with Gasteiger partial charge < -0.3 is 4.57 Å². The molecular formula is C43H27N3. The Balaban J connectivity index is 1.37. The van der Waals surface area contributed by atoms with Crippen LogP contribution in [0.15, 0.2) is 164 Å². The number of hydrogen-bond acceptors (Lipinski definition) is 1. The second kappa shape index (κ2) is 9.65. The van der Waals surface area contributed by atoms with Crippen molar-refractivity contribution in [3.05, 3.63) is 164 Å². The summed E-state index contributed by atoms with van der Waals surface area (Å²) in [4.78, 5) is 5.19. The van der Waals surface area contributed by atoms with Gasteiger partial charge in [-0.05, 0) is 76.9 Å². The Morgan fingerprint density at radius 3 is 1.63 bits per heavy atom. The van der Waals surface area contributed by atoms with Crippen molar-refractivity contribution in [2.75, 3.05) is 0 Å². The van der Waals surface area contributed by atoms with Crippen LogP contribution in [0.3, 0.4) is 0 Å². The third-order valence-corrected chi connectivity index (χ3v) is 9.44. The van der Waals surface area contributed by atoms with Gasteiger partial charge in [-0.2, -0.15) is 0 Å². The quantitative estimate of drug-likeness (QED) is 0.189. The number of para-hydroxylation sites is 4. The van der Waals surface area contributed by atoms with E-state index in [2.05, 4.69) is 173 Å². The van der Waals surface area contributed by atoms with Gasteiger partial charge in [-0.3, -0.25) is 4.40 Å². The normalized spacial score (nSPS) is 11.9. The lowest BCUT2D eigenvalue weighted by atomic mass is 9.98. The molecule has 214 valence electrons. The summed E-state index contributed by atoms with van der Waals surface area (Å²) in [5.74, 6) is 0. The van der Waals surface area contributed by atoms with Crippen LogP contribution < -0.4 is 0 Å². The third-order valence-electron chi connectivity index (χ3n) is 9.44. The molecule has 0 N–H and O–H groups in total. The summed E-state index contributed by atoms with van der Waals surface area (Å²) in [6.45, 7) is 0. The summed E-state index contributed by atoms with van der Waals surface area (Å²) < 4.78 is 4.78. The van der Waals surface area contributed by atoms with Gasteiger partial charge in [-0.15, -0.1) is 0 Å². The number of nitrogens with zero attached hydrogens (tertiary/aromatic N) is 3. The van der Waals surface area contributed by atoms with Crippen molar-refractivity contribution in [1.82, 2.24) is 14.0 Å². The molecule has 0 aliphatic heterocycles. The summed E-state index contributed by atoms with van der Waals surface area (Å²) in [5, 5.41) is 6.12. The van der Waals surface area contributed by atoms with Crippen LogP contribution >= 0.6 is 0 Å². The Kier molecular flexibility index (Phi) is 5.28. The fourth-order valence-electron chi connectivity index (χ4n) is 7.47. The highest BCUT2D eigenvalue weighted by molar-refractivity contribution is 6.30. The molecule has 0 saturated heterocycles. The Labute approximate surface area is 265 Å². The zero-order valence-corrected chi connectivity index (χ0v) is 24.9. The van der Waals surface area contributed by atoms with Crippen LogP contribution in [0.5, 0.6) is 0 Å². The lowest BCUT2D eigenvalue weighted by Crippen LogP contribution is -1.96. The number of rotatable bonds is 3. The minimum atomic E-state index is 0.992. The molecule has 3 heterocycles. The number of pyridine rings is 1. The third kappa shape index (κ3) is 3.57. The Bertz CT molecular complexity index is 2730. The fraction of sp³-hybridized carbons (Fsp3) is 0. The van der Waals surface area contributed by atoms with Crippen LogP contribution in [-0.4, -0.2) is 14.0 Å². The zero-order chi connectivity index (χ0) is 30.2. The number of hydrogen-bond donors (Lipinski definition) is 0. The van der Waals surface area contributed by atoms with E-state index in [1.165, 1.54) is 60.3 Å².